The fourth-order valence-electron chi connectivity index (χ4n) is 3.60. The fraction of sp³-hybridized carbons (Fsp3) is 0.647. The highest BCUT2D eigenvalue weighted by Crippen LogP contribution is 2.42. The van der Waals surface area contributed by atoms with E-state index in [9.17, 15) is 4.39 Å². The van der Waals surface area contributed by atoms with Crippen molar-refractivity contribution in [3.63, 3.8) is 0 Å². The Kier molecular flexibility index (Phi) is 4.57. The van der Waals surface area contributed by atoms with Crippen molar-refractivity contribution < 1.29 is 13.9 Å². The largest absolute Gasteiger partial charge is 0.382 e. The van der Waals surface area contributed by atoms with Crippen molar-refractivity contribution in [3.05, 3.63) is 35.6 Å². The third-order valence-electron chi connectivity index (χ3n) is 4.75. The van der Waals surface area contributed by atoms with Gasteiger partial charge >= 0.3 is 0 Å². The minimum atomic E-state index is -0.112. The van der Waals surface area contributed by atoms with Crippen molar-refractivity contribution in [1.82, 2.24) is 4.90 Å². The van der Waals surface area contributed by atoms with Crippen LogP contribution in [-0.2, 0) is 16.0 Å². The first-order chi connectivity index (χ1) is 10.2. The summed E-state index contributed by atoms with van der Waals surface area (Å²) in [5.74, 6) is 0.472. The molecule has 2 aliphatic heterocycles. The van der Waals surface area contributed by atoms with Crippen LogP contribution in [0.3, 0.4) is 0 Å². The van der Waals surface area contributed by atoms with Gasteiger partial charge in [0.25, 0.3) is 0 Å². The lowest BCUT2D eigenvalue weighted by Crippen LogP contribution is -2.64. The summed E-state index contributed by atoms with van der Waals surface area (Å²) in [6.07, 6.45) is 2.20. The Bertz CT molecular complexity index is 474. The highest BCUT2D eigenvalue weighted by atomic mass is 19.1. The van der Waals surface area contributed by atoms with Crippen LogP contribution in [0.4, 0.5) is 4.39 Å². The molecule has 4 heteroatoms. The Labute approximate surface area is 126 Å². The Morgan fingerprint density at radius 3 is 2.95 bits per heavy atom. The summed E-state index contributed by atoms with van der Waals surface area (Å²) in [5, 5.41) is 0. The highest BCUT2D eigenvalue weighted by Gasteiger charge is 2.52. The molecule has 0 bridgehead atoms. The number of benzene rings is 1. The Morgan fingerprint density at radius 1 is 1.38 bits per heavy atom. The Hall–Kier alpha value is -0.970. The van der Waals surface area contributed by atoms with Gasteiger partial charge in [0.2, 0.25) is 0 Å². The fourth-order valence-corrected chi connectivity index (χ4v) is 3.60. The molecule has 21 heavy (non-hydrogen) atoms. The summed E-state index contributed by atoms with van der Waals surface area (Å²) in [6.45, 7) is 6.98. The predicted molar refractivity (Wildman–Crippen MR) is 79.6 cm³/mol. The lowest BCUT2D eigenvalue weighted by Gasteiger charge is -2.50. The van der Waals surface area contributed by atoms with Gasteiger partial charge in [-0.1, -0.05) is 18.2 Å². The summed E-state index contributed by atoms with van der Waals surface area (Å²) < 4.78 is 25.2. The Morgan fingerprint density at radius 2 is 2.19 bits per heavy atom. The van der Waals surface area contributed by atoms with E-state index in [-0.39, 0.29) is 11.4 Å². The molecular weight excluding hydrogens is 269 g/mol. The first kappa shape index (κ1) is 14.9. The van der Waals surface area contributed by atoms with E-state index in [1.54, 1.807) is 6.07 Å². The van der Waals surface area contributed by atoms with E-state index >= 15 is 0 Å². The van der Waals surface area contributed by atoms with Gasteiger partial charge in [0.15, 0.2) is 0 Å². The van der Waals surface area contributed by atoms with Gasteiger partial charge in [-0.3, -0.25) is 4.90 Å². The average Bonchev–Trinajstić information content (AvgIpc) is 2.85. The van der Waals surface area contributed by atoms with Crippen molar-refractivity contribution >= 4 is 0 Å². The normalized spacial score (nSPS) is 24.4. The molecule has 2 heterocycles. The molecule has 0 amide bonds. The smallest absolute Gasteiger partial charge is 0.127 e. The molecule has 0 N–H and O–H groups in total. The quantitative estimate of drug-likeness (QED) is 0.753. The standard InChI is InChI=1S/C17H24FNO2/c1-2-20-9-7-15-8-10-21-17(15)12-19(13-17)11-14-5-3-4-6-16(14)18/h3-6,15H,2,7-13H2,1H3/t15-/m1/s1. The molecule has 1 aromatic carbocycles. The monoisotopic (exact) mass is 293 g/mol. The molecule has 3 rings (SSSR count). The number of hydrogen-bond donors (Lipinski definition) is 0. The zero-order chi connectivity index (χ0) is 14.7. The number of halogens is 1. The second kappa shape index (κ2) is 6.42. The summed E-state index contributed by atoms with van der Waals surface area (Å²) in [5.41, 5.74) is 0.777. The number of nitrogens with zero attached hydrogens (tertiary/aromatic N) is 1. The second-order valence-corrected chi connectivity index (χ2v) is 6.12. The van der Waals surface area contributed by atoms with Gasteiger partial charge in [0, 0.05) is 45.0 Å². The van der Waals surface area contributed by atoms with E-state index in [1.165, 1.54) is 6.07 Å². The van der Waals surface area contributed by atoms with Gasteiger partial charge in [-0.2, -0.15) is 0 Å². The van der Waals surface area contributed by atoms with Crippen molar-refractivity contribution in [2.24, 2.45) is 5.92 Å². The average molecular weight is 293 g/mol. The van der Waals surface area contributed by atoms with E-state index in [0.717, 1.165) is 51.3 Å². The van der Waals surface area contributed by atoms with E-state index in [4.69, 9.17) is 9.47 Å². The van der Waals surface area contributed by atoms with Gasteiger partial charge < -0.3 is 9.47 Å². The van der Waals surface area contributed by atoms with Gasteiger partial charge in [-0.25, -0.2) is 4.39 Å². The van der Waals surface area contributed by atoms with Gasteiger partial charge in [0.05, 0.1) is 5.60 Å². The summed E-state index contributed by atoms with van der Waals surface area (Å²) in [4.78, 5) is 2.28. The SMILES string of the molecule is CCOCC[C@@H]1CCOC12CN(Cc1ccccc1F)C2. The molecule has 0 saturated carbocycles. The van der Waals surface area contributed by atoms with Crippen LogP contribution in [0.25, 0.3) is 0 Å². The lowest BCUT2D eigenvalue weighted by atomic mass is 9.79. The van der Waals surface area contributed by atoms with Crippen molar-refractivity contribution in [2.75, 3.05) is 32.9 Å². The number of hydrogen-bond acceptors (Lipinski definition) is 3. The first-order valence-electron chi connectivity index (χ1n) is 7.91. The van der Waals surface area contributed by atoms with Crippen LogP contribution in [0, 0.1) is 11.7 Å². The molecule has 3 nitrogen and oxygen atoms in total. The molecule has 0 radical (unpaired) electrons. The van der Waals surface area contributed by atoms with Crippen LogP contribution in [0.5, 0.6) is 0 Å². The summed E-state index contributed by atoms with van der Waals surface area (Å²) >= 11 is 0. The number of rotatable bonds is 6. The maximum Gasteiger partial charge on any atom is 0.127 e. The van der Waals surface area contributed by atoms with Crippen molar-refractivity contribution in [2.45, 2.75) is 31.9 Å². The number of ether oxygens (including phenoxy) is 2. The minimum absolute atomic E-state index is 0.00234. The van der Waals surface area contributed by atoms with Gasteiger partial charge in [0.1, 0.15) is 5.82 Å². The maximum absolute atomic E-state index is 13.7. The number of likely N-dealkylation sites (tertiary alicyclic amines) is 1. The summed E-state index contributed by atoms with van der Waals surface area (Å²) in [6, 6.07) is 7.02. The van der Waals surface area contributed by atoms with Crippen LogP contribution >= 0.6 is 0 Å². The van der Waals surface area contributed by atoms with Crippen LogP contribution in [0.2, 0.25) is 0 Å². The van der Waals surface area contributed by atoms with Crippen LogP contribution in [0.1, 0.15) is 25.3 Å². The predicted octanol–water partition coefficient (Wildman–Crippen LogP) is 2.84. The maximum atomic E-state index is 13.7. The van der Waals surface area contributed by atoms with Crippen molar-refractivity contribution in [3.8, 4) is 0 Å². The molecule has 116 valence electrons. The Balaban J connectivity index is 1.53. The molecular formula is C17H24FNO2. The van der Waals surface area contributed by atoms with E-state index in [0.29, 0.717) is 12.5 Å². The molecule has 1 aromatic rings. The van der Waals surface area contributed by atoms with Gasteiger partial charge in [-0.15, -0.1) is 0 Å². The zero-order valence-electron chi connectivity index (χ0n) is 12.7. The first-order valence-corrected chi connectivity index (χ1v) is 7.91. The van der Waals surface area contributed by atoms with Gasteiger partial charge in [-0.05, 0) is 31.7 Å². The molecule has 0 aromatic heterocycles. The third-order valence-corrected chi connectivity index (χ3v) is 4.75. The molecule has 0 unspecified atom stereocenters. The summed E-state index contributed by atoms with van der Waals surface area (Å²) in [7, 11) is 0. The minimum Gasteiger partial charge on any atom is -0.382 e. The molecule has 2 saturated heterocycles. The van der Waals surface area contributed by atoms with E-state index in [2.05, 4.69) is 4.90 Å². The van der Waals surface area contributed by atoms with Crippen molar-refractivity contribution in [1.29, 1.82) is 0 Å². The van der Waals surface area contributed by atoms with Crippen LogP contribution in [-0.4, -0.2) is 43.4 Å². The lowest BCUT2D eigenvalue weighted by molar-refractivity contribution is -0.139. The molecule has 1 atom stereocenters. The molecule has 2 fully saturated rings. The van der Waals surface area contributed by atoms with Crippen LogP contribution < -0.4 is 0 Å². The van der Waals surface area contributed by atoms with E-state index in [1.807, 2.05) is 19.1 Å². The third kappa shape index (κ3) is 3.12. The van der Waals surface area contributed by atoms with E-state index < -0.39 is 0 Å². The van der Waals surface area contributed by atoms with Crippen LogP contribution in [0.15, 0.2) is 24.3 Å². The topological polar surface area (TPSA) is 21.7 Å². The molecule has 2 aliphatic rings. The zero-order valence-corrected chi connectivity index (χ0v) is 12.7. The molecule has 1 spiro atoms. The highest BCUT2D eigenvalue weighted by molar-refractivity contribution is 5.18. The second-order valence-electron chi connectivity index (χ2n) is 6.12. The molecule has 0 aliphatic carbocycles.